The predicted molar refractivity (Wildman–Crippen MR) is 156 cm³/mol. The van der Waals surface area contributed by atoms with E-state index in [2.05, 4.69) is 26.7 Å². The number of hydrogen-bond acceptors (Lipinski definition) is 8. The van der Waals surface area contributed by atoms with Gasteiger partial charge < -0.3 is 20.5 Å². The molecule has 2 amide bonds. The molecule has 3 atom stereocenters. The number of ether oxygens (including phenoxy) is 1. The van der Waals surface area contributed by atoms with Crippen LogP contribution in [0.1, 0.15) is 43.4 Å². The van der Waals surface area contributed by atoms with Crippen molar-refractivity contribution < 1.29 is 32.6 Å². The van der Waals surface area contributed by atoms with Gasteiger partial charge in [-0.2, -0.15) is 13.2 Å². The molecule has 0 radical (unpaired) electrons. The van der Waals surface area contributed by atoms with Crippen molar-refractivity contribution in [2.45, 2.75) is 57.5 Å². The van der Waals surface area contributed by atoms with Gasteiger partial charge in [0.15, 0.2) is 5.72 Å². The normalized spacial score (nSPS) is 22.5. The Morgan fingerprint density at radius 2 is 1.95 bits per heavy atom. The summed E-state index contributed by atoms with van der Waals surface area (Å²) in [7, 11) is 0. The number of amides is 2. The maximum Gasteiger partial charge on any atom is 0.416 e. The molecule has 0 saturated carbocycles. The van der Waals surface area contributed by atoms with Gasteiger partial charge in [-0.3, -0.25) is 9.69 Å². The van der Waals surface area contributed by atoms with Crippen molar-refractivity contribution in [1.29, 1.82) is 0 Å². The quantitative estimate of drug-likeness (QED) is 0.350. The molecule has 2 aliphatic heterocycles. The van der Waals surface area contributed by atoms with Crippen LogP contribution < -0.4 is 10.6 Å². The summed E-state index contributed by atoms with van der Waals surface area (Å²) in [5.74, 6) is -0.0448. The number of aliphatic hydroxyl groups excluding tert-OH is 1. The van der Waals surface area contributed by atoms with Crippen LogP contribution in [0.5, 0.6) is 0 Å². The number of nitrogens with zero attached hydrogens (tertiary/aromatic N) is 4. The van der Waals surface area contributed by atoms with Gasteiger partial charge in [0.25, 0.3) is 0 Å². The van der Waals surface area contributed by atoms with E-state index in [0.717, 1.165) is 36.2 Å². The summed E-state index contributed by atoms with van der Waals surface area (Å²) in [6.07, 6.45) is -1.25. The lowest BCUT2D eigenvalue weighted by Crippen LogP contribution is -2.67. The van der Waals surface area contributed by atoms with Crippen molar-refractivity contribution in [3.8, 4) is 11.3 Å². The van der Waals surface area contributed by atoms with Crippen LogP contribution in [0.15, 0.2) is 48.8 Å². The zero-order valence-electron chi connectivity index (χ0n) is 24.3. The number of benzene rings is 2. The van der Waals surface area contributed by atoms with Gasteiger partial charge in [-0.05, 0) is 74.8 Å². The van der Waals surface area contributed by atoms with Crippen LogP contribution in [-0.2, 0) is 28.5 Å². The molecule has 232 valence electrons. The lowest BCUT2D eigenvalue weighted by atomic mass is 9.83. The Morgan fingerprint density at radius 1 is 1.14 bits per heavy atom. The van der Waals surface area contributed by atoms with Crippen molar-refractivity contribution in [1.82, 2.24) is 19.8 Å². The van der Waals surface area contributed by atoms with Gasteiger partial charge in [-0.15, -0.1) is 0 Å². The Bertz CT molecular complexity index is 1600. The molecule has 2 bridgehead atoms. The third-order valence-corrected chi connectivity index (χ3v) is 8.66. The number of carbonyl (C=O) groups is 2. The molecule has 2 saturated heterocycles. The molecule has 6 rings (SSSR count). The number of halogens is 3. The van der Waals surface area contributed by atoms with Gasteiger partial charge >= 0.3 is 12.3 Å². The molecule has 13 heteroatoms. The summed E-state index contributed by atoms with van der Waals surface area (Å²) in [4.78, 5) is 38.0. The molecule has 3 N–H and O–H groups in total. The number of nitrogens with one attached hydrogen (secondary N) is 2. The molecule has 3 aromatic rings. The molecule has 3 aliphatic rings. The molecule has 10 nitrogen and oxygen atoms in total. The highest BCUT2D eigenvalue weighted by Gasteiger charge is 2.47. The number of aromatic nitrogens is 2. The molecule has 1 aromatic heterocycles. The number of aliphatic hydroxyl groups is 1. The molecule has 0 spiro atoms. The number of aryl methyl sites for hydroxylation is 1. The van der Waals surface area contributed by atoms with E-state index < -0.39 is 35.5 Å². The number of alkyl halides is 3. The average molecular weight is 611 g/mol. The Morgan fingerprint density at radius 3 is 2.73 bits per heavy atom. The van der Waals surface area contributed by atoms with Crippen LogP contribution in [0.4, 0.5) is 35.2 Å². The minimum Gasteiger partial charge on any atom is -0.428 e. The van der Waals surface area contributed by atoms with Crippen LogP contribution >= 0.6 is 0 Å². The topological polar surface area (TPSA) is 120 Å². The third-order valence-electron chi connectivity index (χ3n) is 8.66. The van der Waals surface area contributed by atoms with Gasteiger partial charge in [0.2, 0.25) is 5.91 Å². The summed E-state index contributed by atoms with van der Waals surface area (Å²) < 4.78 is 46.7. The predicted octanol–water partition coefficient (Wildman–Crippen LogP) is 5.16. The molecule has 2 fully saturated rings. The highest BCUT2D eigenvalue weighted by atomic mass is 19.4. The summed E-state index contributed by atoms with van der Waals surface area (Å²) >= 11 is 0. The fraction of sp³-hybridized carbons (Fsp3) is 0.419. The third kappa shape index (κ3) is 5.81. The lowest BCUT2D eigenvalue weighted by Gasteiger charge is -2.51. The van der Waals surface area contributed by atoms with Crippen LogP contribution in [0, 0.1) is 5.92 Å². The second-order valence-electron chi connectivity index (χ2n) is 11.9. The Hall–Kier alpha value is -4.23. The molecular weight excluding hydrogens is 577 g/mol. The fourth-order valence-corrected chi connectivity index (χ4v) is 6.13. The molecule has 3 heterocycles. The zero-order chi connectivity index (χ0) is 31.2. The number of hydrogen-bond donors (Lipinski definition) is 3. The molecule has 1 aliphatic carbocycles. The van der Waals surface area contributed by atoms with Crippen molar-refractivity contribution >= 4 is 29.2 Å². The zero-order valence-corrected chi connectivity index (χ0v) is 24.3. The van der Waals surface area contributed by atoms with Crippen molar-refractivity contribution in [3.63, 3.8) is 0 Å². The first-order chi connectivity index (χ1) is 20.9. The molecular formula is C31H33F3N6O4. The maximum atomic E-state index is 13.7. The van der Waals surface area contributed by atoms with Crippen LogP contribution in [0.2, 0.25) is 0 Å². The van der Waals surface area contributed by atoms with E-state index in [1.165, 1.54) is 22.9 Å². The van der Waals surface area contributed by atoms with E-state index in [1.54, 1.807) is 19.9 Å². The minimum atomic E-state index is -4.65. The summed E-state index contributed by atoms with van der Waals surface area (Å²) in [6.45, 7) is 4.27. The number of carbonyl (C=O) groups excluding carboxylic acids is 2. The first-order valence-electron chi connectivity index (χ1n) is 14.5. The number of rotatable bonds is 6. The minimum absolute atomic E-state index is 0.0921. The number of cyclic esters (lactones) is 1. The molecule has 2 aromatic carbocycles. The second kappa shape index (κ2) is 11.4. The van der Waals surface area contributed by atoms with E-state index >= 15 is 0 Å². The van der Waals surface area contributed by atoms with Gasteiger partial charge in [-0.1, -0.05) is 18.2 Å². The standard InChI is InChI=1S/C31H33F3N6O4/c1-30(2)39-11-10-26(40(17-39)29(43)44-30)28(42)38-25-13-20(31(32,33)34)8-9-21(25)24-14-27(36-16-35-24)37-23-5-3-4-19-7-6-18(15-41)12-22(19)23/h3-5,8-9,13-14,16,18,26,41H,6-7,10-12,15,17H2,1-2H3,(H,38,42)(H,35,36,37)/t18?,26-/m0/s1. The first-order valence-corrected chi connectivity index (χ1v) is 14.5. The van der Waals surface area contributed by atoms with Gasteiger partial charge in [0.05, 0.1) is 23.6 Å². The van der Waals surface area contributed by atoms with E-state index in [-0.39, 0.29) is 30.4 Å². The first kappa shape index (κ1) is 29.8. The van der Waals surface area contributed by atoms with Crippen molar-refractivity contribution in [3.05, 3.63) is 65.5 Å². The molecule has 44 heavy (non-hydrogen) atoms. The number of fused-ring (bicyclic) bond motifs is 3. The maximum absolute atomic E-state index is 13.7. The van der Waals surface area contributed by atoms with Crippen LogP contribution in [-0.4, -0.2) is 68.5 Å². The smallest absolute Gasteiger partial charge is 0.416 e. The second-order valence-corrected chi connectivity index (χ2v) is 11.9. The van der Waals surface area contributed by atoms with E-state index in [0.29, 0.717) is 30.9 Å². The average Bonchev–Trinajstić information content (AvgIpc) is 2.99. The largest absolute Gasteiger partial charge is 0.428 e. The highest BCUT2D eigenvalue weighted by Crippen LogP contribution is 2.38. The summed E-state index contributed by atoms with van der Waals surface area (Å²) in [5, 5.41) is 15.7. The van der Waals surface area contributed by atoms with Gasteiger partial charge in [0, 0.05) is 30.5 Å². The van der Waals surface area contributed by atoms with Crippen molar-refractivity contribution in [2.24, 2.45) is 5.92 Å². The van der Waals surface area contributed by atoms with E-state index in [1.807, 2.05) is 17.0 Å². The van der Waals surface area contributed by atoms with E-state index in [4.69, 9.17) is 4.74 Å². The van der Waals surface area contributed by atoms with Crippen LogP contribution in [0.25, 0.3) is 11.3 Å². The Balaban J connectivity index is 1.29. The fourth-order valence-electron chi connectivity index (χ4n) is 6.13. The lowest BCUT2D eigenvalue weighted by molar-refractivity contribution is -0.176. The summed E-state index contributed by atoms with van der Waals surface area (Å²) in [6, 6.07) is 9.67. The highest BCUT2D eigenvalue weighted by molar-refractivity contribution is 6.00. The SMILES string of the molecule is CC1(C)OC(=O)N2CN1CC[C@H]2C(=O)Nc1cc(C(F)(F)F)ccc1-c1cc(Nc2cccc3c2CC(CO)CC3)ncn1. The van der Waals surface area contributed by atoms with Gasteiger partial charge in [-0.25, -0.2) is 19.7 Å². The summed E-state index contributed by atoms with van der Waals surface area (Å²) in [5.41, 5.74) is 1.80. The Labute approximate surface area is 252 Å². The molecule has 2 unspecified atom stereocenters. The van der Waals surface area contributed by atoms with Gasteiger partial charge in [0.1, 0.15) is 18.2 Å². The monoisotopic (exact) mass is 610 g/mol. The van der Waals surface area contributed by atoms with Crippen LogP contribution in [0.3, 0.4) is 0 Å². The van der Waals surface area contributed by atoms with E-state index in [9.17, 15) is 27.9 Å². The Kier molecular flexibility index (Phi) is 7.70. The van der Waals surface area contributed by atoms with Crippen molar-refractivity contribution in [2.75, 3.05) is 30.5 Å². The number of anilines is 3.